The van der Waals surface area contributed by atoms with Gasteiger partial charge in [-0.3, -0.25) is 14.9 Å². The van der Waals surface area contributed by atoms with Crippen LogP contribution in [0.25, 0.3) is 0 Å². The standard InChI is InChI=1S/C13H15N3O5/c1-8-6-9(2-3-10(8)16(20)21)15-12(19)14-7-13(4-5-13)11(17)18/h2-3,6H,4-5,7H2,1H3,(H,17,18)(H2,14,15,19). The summed E-state index contributed by atoms with van der Waals surface area (Å²) in [6.45, 7) is 1.64. The lowest BCUT2D eigenvalue weighted by Gasteiger charge is -2.12. The zero-order valence-corrected chi connectivity index (χ0v) is 11.4. The van der Waals surface area contributed by atoms with E-state index in [1.807, 2.05) is 0 Å². The van der Waals surface area contributed by atoms with E-state index >= 15 is 0 Å². The molecule has 21 heavy (non-hydrogen) atoms. The van der Waals surface area contributed by atoms with Crippen LogP contribution in [0.15, 0.2) is 18.2 Å². The van der Waals surface area contributed by atoms with Gasteiger partial charge in [0.15, 0.2) is 0 Å². The Labute approximate surface area is 120 Å². The Balaban J connectivity index is 1.93. The third-order valence-electron chi connectivity index (χ3n) is 3.55. The van der Waals surface area contributed by atoms with E-state index in [2.05, 4.69) is 10.6 Å². The highest BCUT2D eigenvalue weighted by molar-refractivity contribution is 5.90. The first-order valence-electron chi connectivity index (χ1n) is 6.37. The monoisotopic (exact) mass is 293 g/mol. The van der Waals surface area contributed by atoms with Gasteiger partial charge in [-0.05, 0) is 31.9 Å². The molecule has 0 atom stereocenters. The lowest BCUT2D eigenvalue weighted by molar-refractivity contribution is -0.385. The van der Waals surface area contributed by atoms with Gasteiger partial charge in [-0.15, -0.1) is 0 Å². The number of nitrogens with one attached hydrogen (secondary N) is 2. The molecule has 112 valence electrons. The van der Waals surface area contributed by atoms with Crippen LogP contribution in [0.1, 0.15) is 18.4 Å². The van der Waals surface area contributed by atoms with E-state index in [1.54, 1.807) is 6.92 Å². The smallest absolute Gasteiger partial charge is 0.319 e. The second-order valence-corrected chi connectivity index (χ2v) is 5.15. The number of carboxylic acids is 1. The number of hydrogen-bond donors (Lipinski definition) is 3. The summed E-state index contributed by atoms with van der Waals surface area (Å²) in [4.78, 5) is 32.8. The Morgan fingerprint density at radius 3 is 2.57 bits per heavy atom. The van der Waals surface area contributed by atoms with E-state index < -0.39 is 22.3 Å². The average Bonchev–Trinajstić information content (AvgIpc) is 3.17. The van der Waals surface area contributed by atoms with Crippen molar-refractivity contribution >= 4 is 23.4 Å². The molecule has 0 aromatic heterocycles. The van der Waals surface area contributed by atoms with Crippen LogP contribution in [-0.2, 0) is 4.79 Å². The van der Waals surface area contributed by atoms with Crippen LogP contribution < -0.4 is 10.6 Å². The van der Waals surface area contributed by atoms with Crippen molar-refractivity contribution in [2.45, 2.75) is 19.8 Å². The van der Waals surface area contributed by atoms with Crippen molar-refractivity contribution in [2.75, 3.05) is 11.9 Å². The van der Waals surface area contributed by atoms with Crippen molar-refractivity contribution in [3.63, 3.8) is 0 Å². The highest BCUT2D eigenvalue weighted by Gasteiger charge is 2.50. The molecule has 1 saturated carbocycles. The molecular weight excluding hydrogens is 278 g/mol. The van der Waals surface area contributed by atoms with Gasteiger partial charge in [0.2, 0.25) is 0 Å². The molecule has 1 aliphatic rings. The second kappa shape index (κ2) is 5.39. The van der Waals surface area contributed by atoms with Gasteiger partial charge >= 0.3 is 12.0 Å². The third kappa shape index (κ3) is 3.28. The lowest BCUT2D eigenvalue weighted by atomic mass is 10.1. The van der Waals surface area contributed by atoms with Gasteiger partial charge in [0.1, 0.15) is 0 Å². The number of benzene rings is 1. The number of carbonyl (C=O) groups excluding carboxylic acids is 1. The van der Waals surface area contributed by atoms with Crippen molar-refractivity contribution in [2.24, 2.45) is 5.41 Å². The summed E-state index contributed by atoms with van der Waals surface area (Å²) in [7, 11) is 0. The maximum Gasteiger partial charge on any atom is 0.319 e. The molecule has 0 unspecified atom stereocenters. The van der Waals surface area contributed by atoms with Crippen molar-refractivity contribution < 1.29 is 19.6 Å². The fourth-order valence-electron chi connectivity index (χ4n) is 1.98. The van der Waals surface area contributed by atoms with Gasteiger partial charge in [0, 0.05) is 23.9 Å². The topological polar surface area (TPSA) is 122 Å². The number of urea groups is 1. The molecular formula is C13H15N3O5. The number of anilines is 1. The molecule has 1 fully saturated rings. The number of nitro benzene ring substituents is 1. The Morgan fingerprint density at radius 1 is 1.43 bits per heavy atom. The molecule has 0 saturated heterocycles. The molecule has 1 aliphatic carbocycles. The zero-order valence-electron chi connectivity index (χ0n) is 11.4. The summed E-state index contributed by atoms with van der Waals surface area (Å²) >= 11 is 0. The van der Waals surface area contributed by atoms with Gasteiger partial charge in [0.05, 0.1) is 10.3 Å². The van der Waals surface area contributed by atoms with Crippen molar-refractivity contribution in [1.82, 2.24) is 5.32 Å². The molecule has 1 aromatic rings. The SMILES string of the molecule is Cc1cc(NC(=O)NCC2(C(=O)O)CC2)ccc1[N+](=O)[O-]. The van der Waals surface area contributed by atoms with Gasteiger partial charge in [-0.1, -0.05) is 0 Å². The predicted octanol–water partition coefficient (Wildman–Crippen LogP) is 1.89. The van der Waals surface area contributed by atoms with Crippen LogP contribution in [0.4, 0.5) is 16.2 Å². The van der Waals surface area contributed by atoms with Gasteiger partial charge in [-0.25, -0.2) is 4.79 Å². The van der Waals surface area contributed by atoms with Gasteiger partial charge in [0.25, 0.3) is 5.69 Å². The summed E-state index contributed by atoms with van der Waals surface area (Å²) in [6, 6.07) is 3.69. The van der Waals surface area contributed by atoms with E-state index in [9.17, 15) is 19.7 Å². The normalized spacial score (nSPS) is 15.1. The fourth-order valence-corrected chi connectivity index (χ4v) is 1.98. The molecule has 8 nitrogen and oxygen atoms in total. The highest BCUT2D eigenvalue weighted by Crippen LogP contribution is 2.45. The fraction of sp³-hybridized carbons (Fsp3) is 0.385. The molecule has 0 heterocycles. The number of aryl methyl sites for hydroxylation is 1. The van der Waals surface area contributed by atoms with Crippen LogP contribution >= 0.6 is 0 Å². The minimum atomic E-state index is -0.908. The van der Waals surface area contributed by atoms with Crippen LogP contribution in [0.2, 0.25) is 0 Å². The predicted molar refractivity (Wildman–Crippen MR) is 74.2 cm³/mol. The Bertz CT molecular complexity index is 610. The number of aliphatic carboxylic acids is 1. The van der Waals surface area contributed by atoms with Crippen LogP contribution in [0.3, 0.4) is 0 Å². The van der Waals surface area contributed by atoms with E-state index in [-0.39, 0.29) is 12.2 Å². The first-order chi connectivity index (χ1) is 9.84. The molecule has 0 radical (unpaired) electrons. The molecule has 8 heteroatoms. The summed E-state index contributed by atoms with van der Waals surface area (Å²) in [5, 5.41) is 24.7. The number of nitrogens with zero attached hydrogens (tertiary/aromatic N) is 1. The number of hydrogen-bond acceptors (Lipinski definition) is 4. The second-order valence-electron chi connectivity index (χ2n) is 5.15. The summed E-state index contributed by atoms with van der Waals surface area (Å²) in [6.07, 6.45) is 1.11. The van der Waals surface area contributed by atoms with Crippen LogP contribution in [0, 0.1) is 22.5 Å². The zero-order chi connectivity index (χ0) is 15.6. The van der Waals surface area contributed by atoms with E-state index in [1.165, 1.54) is 18.2 Å². The molecule has 2 amide bonds. The largest absolute Gasteiger partial charge is 0.481 e. The van der Waals surface area contributed by atoms with E-state index in [0.717, 1.165) is 0 Å². The van der Waals surface area contributed by atoms with Crippen LogP contribution in [-0.4, -0.2) is 28.6 Å². The highest BCUT2D eigenvalue weighted by atomic mass is 16.6. The van der Waals surface area contributed by atoms with E-state index in [0.29, 0.717) is 24.1 Å². The first kappa shape index (κ1) is 14.8. The maximum absolute atomic E-state index is 11.7. The quantitative estimate of drug-likeness (QED) is 0.565. The van der Waals surface area contributed by atoms with Crippen molar-refractivity contribution in [3.05, 3.63) is 33.9 Å². The summed E-state index contributed by atoms with van der Waals surface area (Å²) < 4.78 is 0. The molecule has 0 aliphatic heterocycles. The maximum atomic E-state index is 11.7. The number of nitro groups is 1. The number of amides is 2. The third-order valence-corrected chi connectivity index (χ3v) is 3.55. The molecule has 1 aromatic carbocycles. The minimum Gasteiger partial charge on any atom is -0.481 e. The van der Waals surface area contributed by atoms with Gasteiger partial charge < -0.3 is 15.7 Å². The van der Waals surface area contributed by atoms with Crippen molar-refractivity contribution in [1.29, 1.82) is 0 Å². The Morgan fingerprint density at radius 2 is 2.10 bits per heavy atom. The number of rotatable bonds is 5. The number of carbonyl (C=O) groups is 2. The molecule has 3 N–H and O–H groups in total. The first-order valence-corrected chi connectivity index (χ1v) is 6.37. The molecule has 0 spiro atoms. The number of carboxylic acid groups (broad SMARTS) is 1. The Hall–Kier alpha value is -2.64. The molecule has 0 bridgehead atoms. The van der Waals surface area contributed by atoms with Crippen molar-refractivity contribution in [3.8, 4) is 0 Å². The summed E-state index contributed by atoms with van der Waals surface area (Å²) in [5.41, 5.74) is -0.00975. The lowest BCUT2D eigenvalue weighted by Crippen LogP contribution is -2.36. The Kier molecular flexibility index (Phi) is 3.79. The average molecular weight is 293 g/mol. The molecule has 2 rings (SSSR count). The van der Waals surface area contributed by atoms with E-state index in [4.69, 9.17) is 5.11 Å². The minimum absolute atomic E-state index is 0.0243. The van der Waals surface area contributed by atoms with Crippen LogP contribution in [0.5, 0.6) is 0 Å². The summed E-state index contributed by atoms with van der Waals surface area (Å²) in [5.74, 6) is -0.908. The van der Waals surface area contributed by atoms with Gasteiger partial charge in [-0.2, -0.15) is 0 Å².